The predicted octanol–water partition coefficient (Wildman–Crippen LogP) is 0.924. The first-order valence-corrected chi connectivity index (χ1v) is 5.51. The van der Waals surface area contributed by atoms with Crippen LogP contribution in [0, 0.1) is 0 Å². The number of ether oxygens (including phenoxy) is 3. The van der Waals surface area contributed by atoms with Gasteiger partial charge < -0.3 is 14.2 Å². The summed E-state index contributed by atoms with van der Waals surface area (Å²) in [4.78, 5) is 33.3. The van der Waals surface area contributed by atoms with Crippen LogP contribution < -0.4 is 0 Å². The van der Waals surface area contributed by atoms with Crippen LogP contribution >= 0.6 is 0 Å². The van der Waals surface area contributed by atoms with E-state index in [9.17, 15) is 14.4 Å². The normalized spacial score (nSPS) is 21.8. The lowest BCUT2D eigenvalue weighted by Gasteiger charge is -2.30. The lowest BCUT2D eigenvalue weighted by molar-refractivity contribution is -0.295. The van der Waals surface area contributed by atoms with Gasteiger partial charge in [-0.2, -0.15) is 0 Å². The third-order valence-corrected chi connectivity index (χ3v) is 2.84. The molecule has 0 radical (unpaired) electrons. The Morgan fingerprint density at radius 3 is 2.35 bits per heavy atom. The molecule has 96 valence electrons. The molecule has 6 nitrogen and oxygen atoms in total. The van der Waals surface area contributed by atoms with E-state index in [-0.39, 0.29) is 0 Å². The lowest BCUT2D eigenvalue weighted by atomic mass is 10.0. The van der Waals surface area contributed by atoms with E-state index in [1.54, 1.807) is 6.92 Å². The molecule has 0 saturated carbocycles. The first-order valence-electron chi connectivity index (χ1n) is 5.51. The number of carbonyl (C=O) groups excluding carboxylic acids is 3. The second-order valence-electron chi connectivity index (χ2n) is 4.06. The highest BCUT2D eigenvalue weighted by Gasteiger charge is 2.35. The van der Waals surface area contributed by atoms with E-state index >= 15 is 0 Å². The van der Waals surface area contributed by atoms with Gasteiger partial charge in [-0.1, -0.05) is 13.8 Å². The summed E-state index contributed by atoms with van der Waals surface area (Å²) in [5.74, 6) is -2.84. The van der Waals surface area contributed by atoms with Gasteiger partial charge in [0.15, 0.2) is 0 Å². The van der Waals surface area contributed by atoms with Gasteiger partial charge in [-0.15, -0.1) is 0 Å². The van der Waals surface area contributed by atoms with Gasteiger partial charge in [-0.25, -0.2) is 4.79 Å². The average Bonchev–Trinajstić information content (AvgIpc) is 2.38. The average molecular weight is 244 g/mol. The molecule has 0 amide bonds. The molecule has 1 aliphatic rings. The van der Waals surface area contributed by atoms with Crippen molar-refractivity contribution in [3.8, 4) is 0 Å². The number of ketones is 1. The molecule has 1 rings (SSSR count). The summed E-state index contributed by atoms with van der Waals surface area (Å²) in [5.41, 5.74) is -0.571. The molecule has 0 N–H and O–H groups in total. The molecule has 0 bridgehead atoms. The lowest BCUT2D eigenvalue weighted by Crippen LogP contribution is -2.36. The number of Topliss-reactive ketones (excluding diaryl/α,β-unsaturated/α-hetero) is 1. The van der Waals surface area contributed by atoms with Crippen LogP contribution in [0.1, 0.15) is 40.0 Å². The van der Waals surface area contributed by atoms with Gasteiger partial charge in [0.1, 0.15) is 6.42 Å². The summed E-state index contributed by atoms with van der Waals surface area (Å²) in [6.07, 6.45) is 0.708. The van der Waals surface area contributed by atoms with Crippen molar-refractivity contribution in [2.75, 3.05) is 0 Å². The van der Waals surface area contributed by atoms with Gasteiger partial charge in [0.25, 0.3) is 5.78 Å². The third kappa shape index (κ3) is 3.52. The van der Waals surface area contributed by atoms with Crippen LogP contribution in [-0.4, -0.2) is 29.8 Å². The van der Waals surface area contributed by atoms with Gasteiger partial charge in [0.2, 0.25) is 0 Å². The van der Waals surface area contributed by atoms with E-state index in [1.807, 2.05) is 13.8 Å². The smallest absolute Gasteiger partial charge is 0.380 e. The molecular weight excluding hydrogens is 228 g/mol. The summed E-state index contributed by atoms with van der Waals surface area (Å²) in [5, 5.41) is 0. The Bertz CT molecular complexity index is 331. The van der Waals surface area contributed by atoms with E-state index < -0.39 is 36.2 Å². The van der Waals surface area contributed by atoms with Crippen molar-refractivity contribution in [2.24, 2.45) is 0 Å². The van der Waals surface area contributed by atoms with Crippen LogP contribution in [-0.2, 0) is 28.6 Å². The molecule has 0 aromatic heterocycles. The van der Waals surface area contributed by atoms with E-state index in [0.717, 1.165) is 0 Å². The van der Waals surface area contributed by atoms with Crippen molar-refractivity contribution in [3.63, 3.8) is 0 Å². The SMILES string of the molecule is CCC(C)(CC)OC1OC(=O)CC(=O)C(=O)O1. The van der Waals surface area contributed by atoms with Gasteiger partial charge >= 0.3 is 18.4 Å². The number of rotatable bonds is 4. The minimum absolute atomic E-state index is 0.571. The fourth-order valence-corrected chi connectivity index (χ4v) is 1.23. The molecule has 1 unspecified atom stereocenters. The van der Waals surface area contributed by atoms with E-state index in [1.165, 1.54) is 0 Å². The zero-order chi connectivity index (χ0) is 13.1. The summed E-state index contributed by atoms with van der Waals surface area (Å²) in [7, 11) is 0. The maximum absolute atomic E-state index is 11.2. The van der Waals surface area contributed by atoms with E-state index in [2.05, 4.69) is 4.74 Å². The molecular formula is C11H16O6. The quantitative estimate of drug-likeness (QED) is 0.415. The Labute approximate surface area is 99.2 Å². The summed E-state index contributed by atoms with van der Waals surface area (Å²) in [6.45, 7) is 4.16. The van der Waals surface area contributed by atoms with Crippen LogP contribution in [0.25, 0.3) is 0 Å². The number of esters is 2. The highest BCUT2D eigenvalue weighted by atomic mass is 16.9. The molecule has 0 aromatic carbocycles. The highest BCUT2D eigenvalue weighted by molar-refractivity contribution is 6.37. The summed E-state index contributed by atoms with van der Waals surface area (Å²) in [6, 6.07) is 0. The standard InChI is InChI=1S/C11H16O6/c1-4-11(3,5-2)17-10-15-8(13)6-7(12)9(14)16-10/h10H,4-6H2,1-3H3. The van der Waals surface area contributed by atoms with Gasteiger partial charge in [-0.3, -0.25) is 9.59 Å². The molecule has 0 aromatic rings. The van der Waals surface area contributed by atoms with Gasteiger partial charge in [0, 0.05) is 0 Å². The Hall–Kier alpha value is -1.43. The Morgan fingerprint density at radius 1 is 1.24 bits per heavy atom. The molecule has 1 saturated heterocycles. The Kier molecular flexibility index (Phi) is 4.22. The molecule has 17 heavy (non-hydrogen) atoms. The molecule has 1 atom stereocenters. The maximum atomic E-state index is 11.2. The number of carbonyl (C=O) groups is 3. The number of hydrogen-bond donors (Lipinski definition) is 0. The van der Waals surface area contributed by atoms with Crippen molar-refractivity contribution >= 4 is 17.7 Å². The Balaban J connectivity index is 2.73. The summed E-state index contributed by atoms with van der Waals surface area (Å²) < 4.78 is 14.8. The predicted molar refractivity (Wildman–Crippen MR) is 55.7 cm³/mol. The number of hydrogen-bond acceptors (Lipinski definition) is 6. The first-order chi connectivity index (χ1) is 7.90. The summed E-state index contributed by atoms with van der Waals surface area (Å²) >= 11 is 0. The fourth-order valence-electron chi connectivity index (χ4n) is 1.23. The zero-order valence-corrected chi connectivity index (χ0v) is 10.1. The fraction of sp³-hybridized carbons (Fsp3) is 0.727. The van der Waals surface area contributed by atoms with Crippen molar-refractivity contribution in [1.82, 2.24) is 0 Å². The van der Waals surface area contributed by atoms with Crippen LogP contribution in [0.3, 0.4) is 0 Å². The zero-order valence-electron chi connectivity index (χ0n) is 10.1. The minimum Gasteiger partial charge on any atom is -0.400 e. The second kappa shape index (κ2) is 5.27. The largest absolute Gasteiger partial charge is 0.400 e. The second-order valence-corrected chi connectivity index (χ2v) is 4.06. The Morgan fingerprint density at radius 2 is 1.82 bits per heavy atom. The van der Waals surface area contributed by atoms with Crippen molar-refractivity contribution in [1.29, 1.82) is 0 Å². The molecule has 1 heterocycles. The van der Waals surface area contributed by atoms with Crippen LogP contribution in [0.15, 0.2) is 0 Å². The molecule has 1 aliphatic heterocycles. The third-order valence-electron chi connectivity index (χ3n) is 2.84. The first kappa shape index (κ1) is 13.6. The van der Waals surface area contributed by atoms with Gasteiger partial charge in [0.05, 0.1) is 5.60 Å². The van der Waals surface area contributed by atoms with Crippen LogP contribution in [0.5, 0.6) is 0 Å². The van der Waals surface area contributed by atoms with Crippen LogP contribution in [0.4, 0.5) is 0 Å². The highest BCUT2D eigenvalue weighted by Crippen LogP contribution is 2.23. The van der Waals surface area contributed by atoms with Crippen molar-refractivity contribution in [3.05, 3.63) is 0 Å². The van der Waals surface area contributed by atoms with E-state index in [0.29, 0.717) is 12.8 Å². The minimum atomic E-state index is -1.44. The van der Waals surface area contributed by atoms with Gasteiger partial charge in [-0.05, 0) is 19.8 Å². The molecule has 0 aliphatic carbocycles. The van der Waals surface area contributed by atoms with Crippen molar-refractivity contribution < 1.29 is 28.6 Å². The monoisotopic (exact) mass is 244 g/mol. The van der Waals surface area contributed by atoms with Crippen molar-refractivity contribution in [2.45, 2.75) is 52.1 Å². The molecule has 6 heteroatoms. The molecule has 1 fully saturated rings. The number of cyclic esters (lactones) is 2. The molecule has 0 spiro atoms. The van der Waals surface area contributed by atoms with E-state index in [4.69, 9.17) is 9.47 Å². The maximum Gasteiger partial charge on any atom is 0.380 e. The van der Waals surface area contributed by atoms with Crippen LogP contribution in [0.2, 0.25) is 0 Å². The topological polar surface area (TPSA) is 78.9 Å².